The van der Waals surface area contributed by atoms with Crippen LogP contribution in [0.1, 0.15) is 21.6 Å². The summed E-state index contributed by atoms with van der Waals surface area (Å²) in [5, 5.41) is 3.92. The maximum absolute atomic E-state index is 13.0. The van der Waals surface area contributed by atoms with E-state index < -0.39 is 17.1 Å². The van der Waals surface area contributed by atoms with Gasteiger partial charge in [-0.1, -0.05) is 0 Å². The van der Waals surface area contributed by atoms with Crippen molar-refractivity contribution in [2.45, 2.75) is 18.9 Å². The highest BCUT2D eigenvalue weighted by Gasteiger charge is 2.28. The molecule has 0 spiro atoms. The van der Waals surface area contributed by atoms with Gasteiger partial charge in [0.15, 0.2) is 0 Å². The lowest BCUT2D eigenvalue weighted by Crippen LogP contribution is -2.30. The van der Waals surface area contributed by atoms with Gasteiger partial charge >= 0.3 is 11.2 Å². The molecule has 0 atom stereocenters. The molecule has 1 amide bonds. The van der Waals surface area contributed by atoms with E-state index in [-0.39, 0.29) is 17.9 Å². The third kappa shape index (κ3) is 4.93. The molecule has 33 heavy (non-hydrogen) atoms. The molecular formula is C23H19ClF2N2O5. The lowest BCUT2D eigenvalue weighted by atomic mass is 10.1. The summed E-state index contributed by atoms with van der Waals surface area (Å²) >= 11 is 4.86. The van der Waals surface area contributed by atoms with Gasteiger partial charge in [0, 0.05) is 40.1 Å². The highest BCUT2D eigenvalue weighted by atomic mass is 35.5. The molecule has 0 aliphatic carbocycles. The molecule has 10 heteroatoms. The number of benzene rings is 2. The van der Waals surface area contributed by atoms with Crippen LogP contribution in [0.15, 0.2) is 51.7 Å². The predicted octanol–water partition coefficient (Wildman–Crippen LogP) is 4.73. The minimum Gasteiger partial charge on any atom is -0.497 e. The molecule has 4 rings (SSSR count). The first-order valence-electron chi connectivity index (χ1n) is 9.91. The number of H-pyrrole nitrogens is 1. The maximum Gasteiger partial charge on any atom is 0.487 e. The van der Waals surface area contributed by atoms with Crippen LogP contribution in [0.25, 0.3) is 21.9 Å². The molecule has 2 N–H and O–H groups in total. The number of alkyl halides is 3. The first-order valence-corrected chi connectivity index (χ1v) is 10.3. The van der Waals surface area contributed by atoms with Crippen molar-refractivity contribution < 1.29 is 27.5 Å². The van der Waals surface area contributed by atoms with Gasteiger partial charge in [-0.2, -0.15) is 0 Å². The summed E-state index contributed by atoms with van der Waals surface area (Å²) in [4.78, 5) is 28.0. The zero-order valence-corrected chi connectivity index (χ0v) is 18.4. The van der Waals surface area contributed by atoms with Gasteiger partial charge < -0.3 is 24.2 Å². The summed E-state index contributed by atoms with van der Waals surface area (Å²) < 4.78 is 40.8. The zero-order valence-electron chi connectivity index (χ0n) is 17.6. The Balaban J connectivity index is 1.51. The number of hydrogen-bond donors (Lipinski definition) is 2. The van der Waals surface area contributed by atoms with Gasteiger partial charge in [0.25, 0.3) is 5.91 Å². The van der Waals surface area contributed by atoms with E-state index in [4.69, 9.17) is 20.8 Å². The smallest absolute Gasteiger partial charge is 0.487 e. The van der Waals surface area contributed by atoms with Crippen molar-refractivity contribution in [1.29, 1.82) is 0 Å². The molecule has 2 heterocycles. The molecule has 0 radical (unpaired) electrons. The van der Waals surface area contributed by atoms with Gasteiger partial charge in [-0.25, -0.2) is 4.79 Å². The van der Waals surface area contributed by atoms with Crippen molar-refractivity contribution in [2.24, 2.45) is 0 Å². The van der Waals surface area contributed by atoms with Crippen molar-refractivity contribution >= 4 is 39.4 Å². The second-order valence-electron chi connectivity index (χ2n) is 7.34. The van der Waals surface area contributed by atoms with Gasteiger partial charge in [0.1, 0.15) is 22.6 Å². The molecule has 2 aromatic carbocycles. The Morgan fingerprint density at radius 1 is 1.18 bits per heavy atom. The third-order valence-electron chi connectivity index (χ3n) is 5.17. The maximum atomic E-state index is 13.0. The number of hydrogen-bond acceptors (Lipinski definition) is 5. The van der Waals surface area contributed by atoms with E-state index >= 15 is 0 Å². The third-order valence-corrected chi connectivity index (χ3v) is 5.25. The number of fused-ring (bicyclic) bond motifs is 2. The van der Waals surface area contributed by atoms with Crippen LogP contribution in [-0.2, 0) is 6.42 Å². The molecule has 0 saturated carbocycles. The fraction of sp³-hybridized carbons (Fsp3) is 0.217. The molecule has 0 fully saturated rings. The van der Waals surface area contributed by atoms with E-state index in [1.807, 2.05) is 6.92 Å². The number of rotatable bonds is 7. The summed E-state index contributed by atoms with van der Waals surface area (Å²) in [6.07, 6.45) is 0.380. The number of ether oxygens (including phenoxy) is 2. The van der Waals surface area contributed by atoms with E-state index in [2.05, 4.69) is 15.0 Å². The molecule has 7 nitrogen and oxygen atoms in total. The van der Waals surface area contributed by atoms with Crippen molar-refractivity contribution in [3.8, 4) is 11.5 Å². The number of amides is 1. The van der Waals surface area contributed by atoms with Crippen LogP contribution in [0.5, 0.6) is 11.5 Å². The SMILES string of the molecule is COc1ccc2oc(=O)c(C(=O)NCCc3c(C)[nH]c4ccc(OC(F)(F)Cl)cc34)cc2c1. The Kier molecular flexibility index (Phi) is 5.99. The van der Waals surface area contributed by atoms with E-state index in [0.717, 1.165) is 16.8 Å². The van der Waals surface area contributed by atoms with E-state index in [0.29, 0.717) is 28.5 Å². The number of halogens is 3. The molecule has 0 aliphatic rings. The summed E-state index contributed by atoms with van der Waals surface area (Å²) in [5.41, 5.74) is -2.02. The Morgan fingerprint density at radius 2 is 1.94 bits per heavy atom. The van der Waals surface area contributed by atoms with Gasteiger partial charge in [0.05, 0.1) is 7.11 Å². The van der Waals surface area contributed by atoms with Crippen LogP contribution in [-0.4, -0.2) is 30.1 Å². The monoisotopic (exact) mass is 476 g/mol. The van der Waals surface area contributed by atoms with Crippen molar-refractivity contribution in [3.05, 3.63) is 69.7 Å². The highest BCUT2D eigenvalue weighted by Crippen LogP contribution is 2.30. The van der Waals surface area contributed by atoms with Crippen molar-refractivity contribution in [3.63, 3.8) is 0 Å². The Hall–Kier alpha value is -3.59. The largest absolute Gasteiger partial charge is 0.497 e. The van der Waals surface area contributed by atoms with Gasteiger partial charge in [-0.15, -0.1) is 8.78 Å². The lowest BCUT2D eigenvalue weighted by Gasteiger charge is -2.11. The van der Waals surface area contributed by atoms with Crippen LogP contribution >= 0.6 is 11.6 Å². The van der Waals surface area contributed by atoms with Crippen LogP contribution in [0.2, 0.25) is 0 Å². The molecule has 172 valence electrons. The summed E-state index contributed by atoms with van der Waals surface area (Å²) in [5.74, 6) is -0.111. The van der Waals surface area contributed by atoms with E-state index in [1.165, 1.54) is 25.3 Å². The van der Waals surface area contributed by atoms with Crippen LogP contribution in [0, 0.1) is 6.92 Å². The summed E-state index contributed by atoms with van der Waals surface area (Å²) in [7, 11) is 1.51. The number of nitrogens with one attached hydrogen (secondary N) is 2. The number of aromatic nitrogens is 1. The molecule has 4 aromatic rings. The quantitative estimate of drug-likeness (QED) is 0.297. The number of carbonyl (C=O) groups excluding carboxylic acids is 1. The fourth-order valence-electron chi connectivity index (χ4n) is 3.66. The zero-order chi connectivity index (χ0) is 23.8. The molecule has 0 bridgehead atoms. The van der Waals surface area contributed by atoms with Crippen LogP contribution in [0.4, 0.5) is 8.78 Å². The molecular weight excluding hydrogens is 458 g/mol. The topological polar surface area (TPSA) is 93.6 Å². The second-order valence-corrected chi connectivity index (χ2v) is 7.78. The second kappa shape index (κ2) is 8.74. The van der Waals surface area contributed by atoms with E-state index in [9.17, 15) is 18.4 Å². The first kappa shape index (κ1) is 22.6. The first-order chi connectivity index (χ1) is 15.6. The number of carbonyl (C=O) groups is 1. The standard InChI is InChI=1S/C23H19ClF2N2O5/c1-12-16(17-11-15(33-23(24,25)26)3-5-19(17)28-12)7-8-27-21(29)18-10-13-9-14(31-2)4-6-20(13)32-22(18)30/h3-6,9-11,28H,7-8H2,1-2H3,(H,27,29). The summed E-state index contributed by atoms with van der Waals surface area (Å²) in [6, 6.07) is 10.8. The van der Waals surface area contributed by atoms with E-state index in [1.54, 1.807) is 24.3 Å². The minimum absolute atomic E-state index is 0.0871. The summed E-state index contributed by atoms with van der Waals surface area (Å²) in [6.45, 7) is 2.03. The molecule has 0 aliphatic heterocycles. The Bertz CT molecular complexity index is 1410. The minimum atomic E-state index is -3.82. The number of aromatic amines is 1. The van der Waals surface area contributed by atoms with Gasteiger partial charge in [-0.05, 0) is 61.4 Å². The Morgan fingerprint density at radius 3 is 2.67 bits per heavy atom. The van der Waals surface area contributed by atoms with Gasteiger partial charge in [-0.3, -0.25) is 4.79 Å². The average molecular weight is 477 g/mol. The van der Waals surface area contributed by atoms with Crippen molar-refractivity contribution in [1.82, 2.24) is 10.3 Å². The fourth-order valence-corrected chi connectivity index (χ4v) is 3.75. The normalized spacial score (nSPS) is 11.7. The predicted molar refractivity (Wildman–Crippen MR) is 120 cm³/mol. The Labute approximate surface area is 191 Å². The van der Waals surface area contributed by atoms with Crippen molar-refractivity contribution in [2.75, 3.05) is 13.7 Å². The number of aryl methyl sites for hydroxylation is 1. The lowest BCUT2D eigenvalue weighted by molar-refractivity contribution is -0.0964. The molecule has 0 saturated heterocycles. The van der Waals surface area contributed by atoms with Gasteiger partial charge in [0.2, 0.25) is 0 Å². The molecule has 2 aromatic heterocycles. The highest BCUT2D eigenvalue weighted by molar-refractivity contribution is 6.20. The average Bonchev–Trinajstić information content (AvgIpc) is 3.06. The molecule has 0 unspecified atom stereocenters. The van der Waals surface area contributed by atoms with Crippen LogP contribution < -0.4 is 20.4 Å². The number of methoxy groups -OCH3 is 1. The van der Waals surface area contributed by atoms with Crippen LogP contribution in [0.3, 0.4) is 0 Å².